The van der Waals surface area contributed by atoms with Crippen LogP contribution < -0.4 is 0 Å². The highest BCUT2D eigenvalue weighted by atomic mass is 32.1. The maximum Gasteiger partial charge on any atom is 0.157 e. The van der Waals surface area contributed by atoms with Crippen molar-refractivity contribution in [3.05, 3.63) is 160 Å². The minimum absolute atomic E-state index is 0.0855. The quantitative estimate of drug-likeness (QED) is 0.177. The topological polar surface area (TPSA) is 61.8 Å². The van der Waals surface area contributed by atoms with E-state index < -0.39 is 5.82 Å². The van der Waals surface area contributed by atoms with Crippen molar-refractivity contribution in [1.82, 2.24) is 13.5 Å². The van der Waals surface area contributed by atoms with Gasteiger partial charge in [-0.15, -0.1) is 11.3 Å². The molecule has 0 spiro atoms. The van der Waals surface area contributed by atoms with Gasteiger partial charge in [0.15, 0.2) is 5.82 Å². The maximum atomic E-state index is 19.4. The number of hydrogen-bond acceptors (Lipinski definition) is 3. The van der Waals surface area contributed by atoms with Gasteiger partial charge in [0.2, 0.25) is 0 Å². The number of aromatic nitrogens is 3. The number of thiophene rings is 1. The first-order valence-electron chi connectivity index (χ1n) is 24.6. The van der Waals surface area contributed by atoms with Crippen LogP contribution in [0.15, 0.2) is 121 Å². The van der Waals surface area contributed by atoms with Crippen LogP contribution in [0.3, 0.4) is 0 Å². The van der Waals surface area contributed by atoms with Gasteiger partial charge in [0, 0.05) is 48.7 Å². The molecule has 0 saturated carbocycles. The Balaban J connectivity index is 1.31. The number of nitriles is 2. The van der Waals surface area contributed by atoms with Crippen LogP contribution in [0, 0.1) is 28.5 Å². The van der Waals surface area contributed by atoms with Gasteiger partial charge in [-0.1, -0.05) is 126 Å². The van der Waals surface area contributed by atoms with Crippen LogP contribution in [-0.4, -0.2) is 13.5 Å². The largest absolute Gasteiger partial charge is 0.307 e. The molecule has 5 heterocycles. The average Bonchev–Trinajstić information content (AvgIpc) is 4.13. The fourth-order valence-corrected chi connectivity index (χ4v) is 12.3. The highest BCUT2D eigenvalue weighted by Crippen LogP contribution is 2.49. The van der Waals surface area contributed by atoms with Crippen molar-refractivity contribution in [2.45, 2.75) is 105 Å². The van der Waals surface area contributed by atoms with Crippen molar-refractivity contribution in [3.8, 4) is 34.6 Å². The number of nitrogens with zero attached hydrogens (tertiary/aromatic N) is 5. The molecule has 0 bridgehead atoms. The van der Waals surface area contributed by atoms with Crippen LogP contribution >= 0.6 is 11.3 Å². The molecule has 0 amide bonds. The monoisotopic (exact) mass is 945 g/mol. The molecule has 7 heteroatoms. The second kappa shape index (κ2) is 14.8. The normalized spacial score (nSPS) is 13.1. The smallest absolute Gasteiger partial charge is 0.157 e. The summed E-state index contributed by atoms with van der Waals surface area (Å²) in [6.07, 6.45) is 0. The second-order valence-corrected chi connectivity index (χ2v) is 24.8. The fourth-order valence-electron chi connectivity index (χ4n) is 11.3. The first kappa shape index (κ1) is 44.7. The van der Waals surface area contributed by atoms with Gasteiger partial charge < -0.3 is 9.13 Å². The Hall–Kier alpha value is -7.45. The zero-order chi connectivity index (χ0) is 50.0. The number of para-hydroxylation sites is 1. The van der Waals surface area contributed by atoms with Crippen LogP contribution in [-0.2, 0) is 21.7 Å². The molecular weight excluding hydrogens is 890 g/mol. The molecule has 5 nitrogen and oxygen atoms in total. The summed E-state index contributed by atoms with van der Waals surface area (Å²) in [5.41, 5.74) is 10.8. The molecule has 12 aromatic rings. The first-order chi connectivity index (χ1) is 33.6. The molecule has 12 rings (SSSR count). The third kappa shape index (κ3) is 6.38. The lowest BCUT2D eigenvalue weighted by Gasteiger charge is -2.23. The van der Waals surface area contributed by atoms with Crippen LogP contribution in [0.25, 0.3) is 104 Å². The predicted octanol–water partition coefficient (Wildman–Crippen LogP) is 17.8. The van der Waals surface area contributed by atoms with Gasteiger partial charge in [0.1, 0.15) is 28.2 Å². The molecule has 71 heavy (non-hydrogen) atoms. The summed E-state index contributed by atoms with van der Waals surface area (Å²) in [5, 5.41) is 34.0. The third-order valence-electron chi connectivity index (χ3n) is 15.2. The molecule has 0 unspecified atom stereocenters. The molecular formula is C64H56FN5S. The van der Waals surface area contributed by atoms with Crippen LogP contribution in [0.5, 0.6) is 0 Å². The molecule has 0 aliphatic carbocycles. The van der Waals surface area contributed by atoms with Gasteiger partial charge in [-0.2, -0.15) is 10.5 Å². The van der Waals surface area contributed by atoms with Crippen LogP contribution in [0.4, 0.5) is 4.39 Å². The molecule has 0 N–H and O–H groups in total. The molecule has 350 valence electrons. The Morgan fingerprint density at radius 3 is 1.30 bits per heavy atom. The van der Waals surface area contributed by atoms with E-state index in [0.717, 1.165) is 92.1 Å². The van der Waals surface area contributed by atoms with E-state index in [-0.39, 0.29) is 44.0 Å². The molecule has 0 saturated heterocycles. The number of hydrogen-bond donors (Lipinski definition) is 0. The van der Waals surface area contributed by atoms with E-state index in [1.165, 1.54) is 11.1 Å². The lowest BCUT2D eigenvalue weighted by atomic mass is 9.85. The summed E-state index contributed by atoms with van der Waals surface area (Å²) in [7, 11) is 0. The Bertz CT molecular complexity index is 4210. The van der Waals surface area contributed by atoms with Crippen molar-refractivity contribution in [1.29, 1.82) is 10.5 Å². The average molecular weight is 946 g/mol. The lowest BCUT2D eigenvalue weighted by molar-refractivity contribution is 0.590. The SMILES string of the molecule is CC(C)(C)c1ccc2c(c1)c1cc(C(C)(C)C)ccc1n2-c1c(F)c(-c2cc3c4ccccc4n4c5sccc5c(c2)c34)c(C#N)c(-n2c3ccc(C(C)(C)C)cc3c3cc(C(C)(C)C)ccc32)c1C#N. The summed E-state index contributed by atoms with van der Waals surface area (Å²) in [5.74, 6) is -0.620. The molecule has 0 atom stereocenters. The van der Waals surface area contributed by atoms with Crippen LogP contribution in [0.1, 0.15) is 116 Å². The zero-order valence-electron chi connectivity index (χ0n) is 42.6. The second-order valence-electron chi connectivity index (χ2n) is 23.9. The van der Waals surface area contributed by atoms with E-state index >= 15 is 4.39 Å². The molecule has 0 fully saturated rings. The third-order valence-corrected chi connectivity index (χ3v) is 16.1. The highest BCUT2D eigenvalue weighted by Gasteiger charge is 2.34. The molecule has 5 aromatic heterocycles. The fraction of sp³-hybridized carbons (Fsp3) is 0.250. The predicted molar refractivity (Wildman–Crippen MR) is 297 cm³/mol. The number of rotatable bonds is 3. The lowest BCUT2D eigenvalue weighted by Crippen LogP contribution is -2.13. The van der Waals surface area contributed by atoms with Crippen molar-refractivity contribution >= 4 is 92.4 Å². The Morgan fingerprint density at radius 1 is 0.437 bits per heavy atom. The standard InChI is InChI=1S/C64H56FN5S/c1-61(2,3)36-17-21-51-42(29-36)43-30-37(62(4,5)6)18-22-52(43)68(51)58-48(33-66)55(35-27-46-40-15-13-14-16-50(40)70-57(46)47(28-35)41-25-26-71-60(41)70)56(65)59(49(58)34-67)69-53-23-19-38(63(7,8)9)31-44(53)45-32-39(64(10,11)12)20-24-54(45)69/h13-32H,1-12H3. The zero-order valence-corrected chi connectivity index (χ0v) is 43.4. The van der Waals surface area contributed by atoms with E-state index in [2.05, 4.69) is 219 Å². The summed E-state index contributed by atoms with van der Waals surface area (Å²) in [4.78, 5) is 1.12. The number of benzene rings is 7. The van der Waals surface area contributed by atoms with Gasteiger partial charge in [-0.25, -0.2) is 4.39 Å². The van der Waals surface area contributed by atoms with Gasteiger partial charge in [-0.05, 0) is 128 Å². The first-order valence-corrected chi connectivity index (χ1v) is 25.5. The molecule has 0 radical (unpaired) electrons. The van der Waals surface area contributed by atoms with Crippen molar-refractivity contribution in [2.24, 2.45) is 0 Å². The Morgan fingerprint density at radius 2 is 0.859 bits per heavy atom. The summed E-state index contributed by atoms with van der Waals surface area (Å²) < 4.78 is 25.8. The molecule has 7 aromatic carbocycles. The van der Waals surface area contributed by atoms with E-state index in [1.807, 2.05) is 10.6 Å². The van der Waals surface area contributed by atoms with Gasteiger partial charge in [0.25, 0.3) is 0 Å². The van der Waals surface area contributed by atoms with Crippen molar-refractivity contribution < 1.29 is 4.39 Å². The highest BCUT2D eigenvalue weighted by molar-refractivity contribution is 7.17. The minimum atomic E-state index is -0.620. The van der Waals surface area contributed by atoms with Gasteiger partial charge >= 0.3 is 0 Å². The Kier molecular flexibility index (Phi) is 9.32. The maximum absolute atomic E-state index is 19.4. The minimum Gasteiger partial charge on any atom is -0.307 e. The molecule has 0 aliphatic rings. The van der Waals surface area contributed by atoms with Crippen LogP contribution in [0.2, 0.25) is 0 Å². The van der Waals surface area contributed by atoms with E-state index in [1.54, 1.807) is 11.3 Å². The number of fused-ring (bicyclic) bond motifs is 12. The molecule has 0 aliphatic heterocycles. The summed E-state index contributed by atoms with van der Waals surface area (Å²) in [6.45, 7) is 26.5. The van der Waals surface area contributed by atoms with Crippen molar-refractivity contribution in [2.75, 3.05) is 0 Å². The number of halogens is 1. The van der Waals surface area contributed by atoms with Gasteiger partial charge in [0.05, 0.1) is 44.4 Å². The van der Waals surface area contributed by atoms with E-state index in [4.69, 9.17) is 0 Å². The van der Waals surface area contributed by atoms with Crippen molar-refractivity contribution in [3.63, 3.8) is 0 Å². The Labute approximate surface area is 417 Å². The summed E-state index contributed by atoms with van der Waals surface area (Å²) >= 11 is 1.69. The van der Waals surface area contributed by atoms with E-state index in [9.17, 15) is 10.5 Å². The van der Waals surface area contributed by atoms with Gasteiger partial charge in [-0.3, -0.25) is 4.40 Å². The summed E-state index contributed by atoms with van der Waals surface area (Å²) in [6, 6.07) is 45.9. The van der Waals surface area contributed by atoms with E-state index in [0.29, 0.717) is 11.3 Å².